The van der Waals surface area contributed by atoms with Crippen LogP contribution in [0.3, 0.4) is 0 Å². The molecular formula is C15H21N3O. The summed E-state index contributed by atoms with van der Waals surface area (Å²) in [6.45, 7) is 3.45. The minimum Gasteiger partial charge on any atom is -0.338 e. The largest absolute Gasteiger partial charge is 0.338 e. The van der Waals surface area contributed by atoms with Gasteiger partial charge in [0, 0.05) is 25.7 Å². The van der Waals surface area contributed by atoms with E-state index in [2.05, 4.69) is 34.9 Å². The van der Waals surface area contributed by atoms with Crippen molar-refractivity contribution in [3.8, 4) is 0 Å². The van der Waals surface area contributed by atoms with Crippen LogP contribution >= 0.6 is 0 Å². The highest BCUT2D eigenvalue weighted by Gasteiger charge is 2.30. The summed E-state index contributed by atoms with van der Waals surface area (Å²) >= 11 is 0. The summed E-state index contributed by atoms with van der Waals surface area (Å²) < 4.78 is 0. The van der Waals surface area contributed by atoms with E-state index < -0.39 is 0 Å². The van der Waals surface area contributed by atoms with Crippen LogP contribution in [0.1, 0.15) is 24.4 Å². The van der Waals surface area contributed by atoms with E-state index >= 15 is 0 Å². The van der Waals surface area contributed by atoms with E-state index in [0.29, 0.717) is 0 Å². The molecule has 19 heavy (non-hydrogen) atoms. The zero-order chi connectivity index (χ0) is 13.1. The van der Waals surface area contributed by atoms with Gasteiger partial charge in [0.1, 0.15) is 0 Å². The Labute approximate surface area is 114 Å². The molecule has 2 unspecified atom stereocenters. The molecule has 102 valence electrons. The molecule has 2 aliphatic rings. The summed E-state index contributed by atoms with van der Waals surface area (Å²) in [4.78, 5) is 14.4. The maximum Gasteiger partial charge on any atom is 0.239 e. The predicted octanol–water partition coefficient (Wildman–Crippen LogP) is 0.911. The molecule has 2 aliphatic heterocycles. The average molecular weight is 259 g/mol. The quantitative estimate of drug-likeness (QED) is 0.830. The van der Waals surface area contributed by atoms with Crippen LogP contribution in [0.4, 0.5) is 0 Å². The number of rotatable bonds is 2. The van der Waals surface area contributed by atoms with Crippen LogP contribution in [0.5, 0.6) is 0 Å². The number of piperazine rings is 1. The second-order valence-electron chi connectivity index (χ2n) is 5.35. The lowest BCUT2D eigenvalue weighted by atomic mass is 10.0. The van der Waals surface area contributed by atoms with Gasteiger partial charge in [0.2, 0.25) is 5.91 Å². The van der Waals surface area contributed by atoms with Crippen molar-refractivity contribution in [2.75, 3.05) is 26.2 Å². The number of carbonyl (C=O) groups is 1. The maximum atomic E-state index is 12.4. The van der Waals surface area contributed by atoms with E-state index in [0.717, 1.165) is 39.0 Å². The van der Waals surface area contributed by atoms with Crippen LogP contribution in [0, 0.1) is 0 Å². The van der Waals surface area contributed by atoms with Gasteiger partial charge in [-0.05, 0) is 24.9 Å². The molecule has 1 aromatic carbocycles. The molecule has 4 nitrogen and oxygen atoms in total. The fraction of sp³-hybridized carbons (Fsp3) is 0.533. The van der Waals surface area contributed by atoms with Gasteiger partial charge in [-0.2, -0.15) is 0 Å². The van der Waals surface area contributed by atoms with Crippen LogP contribution in [-0.4, -0.2) is 43.0 Å². The van der Waals surface area contributed by atoms with Gasteiger partial charge < -0.3 is 15.5 Å². The van der Waals surface area contributed by atoms with Crippen LogP contribution in [0.25, 0.3) is 0 Å². The normalized spacial score (nSPS) is 27.5. The van der Waals surface area contributed by atoms with Gasteiger partial charge in [-0.15, -0.1) is 0 Å². The van der Waals surface area contributed by atoms with E-state index in [-0.39, 0.29) is 18.0 Å². The van der Waals surface area contributed by atoms with Crippen LogP contribution in [0.2, 0.25) is 0 Å². The first-order valence-electron chi connectivity index (χ1n) is 7.15. The van der Waals surface area contributed by atoms with Crippen LogP contribution < -0.4 is 10.6 Å². The molecule has 2 atom stereocenters. The Morgan fingerprint density at radius 1 is 1.16 bits per heavy atom. The predicted molar refractivity (Wildman–Crippen MR) is 74.8 cm³/mol. The van der Waals surface area contributed by atoms with Gasteiger partial charge in [-0.25, -0.2) is 0 Å². The number of benzene rings is 1. The Bertz CT molecular complexity index is 428. The molecule has 1 amide bonds. The molecule has 0 spiro atoms. The van der Waals surface area contributed by atoms with Crippen molar-refractivity contribution >= 4 is 5.91 Å². The standard InChI is InChI=1S/C15H21N3O/c19-15(13-7-4-8-16-13)18-10-9-17-14(11-18)12-5-2-1-3-6-12/h1-3,5-6,13-14,16-17H,4,7-11H2. The molecule has 0 bridgehead atoms. The second kappa shape index (κ2) is 5.72. The summed E-state index contributed by atoms with van der Waals surface area (Å²) in [6.07, 6.45) is 2.10. The first-order chi connectivity index (χ1) is 9.34. The summed E-state index contributed by atoms with van der Waals surface area (Å²) in [5.41, 5.74) is 1.26. The van der Waals surface area contributed by atoms with Crippen molar-refractivity contribution in [2.24, 2.45) is 0 Å². The number of amides is 1. The maximum absolute atomic E-state index is 12.4. The van der Waals surface area contributed by atoms with Gasteiger partial charge in [0.15, 0.2) is 0 Å². The van der Waals surface area contributed by atoms with Crippen LogP contribution in [0.15, 0.2) is 30.3 Å². The van der Waals surface area contributed by atoms with Gasteiger partial charge in [0.25, 0.3) is 0 Å². The van der Waals surface area contributed by atoms with Gasteiger partial charge in [-0.3, -0.25) is 4.79 Å². The zero-order valence-corrected chi connectivity index (χ0v) is 11.1. The lowest BCUT2D eigenvalue weighted by Gasteiger charge is -2.35. The first kappa shape index (κ1) is 12.6. The monoisotopic (exact) mass is 259 g/mol. The van der Waals surface area contributed by atoms with E-state index in [4.69, 9.17) is 0 Å². The summed E-state index contributed by atoms with van der Waals surface area (Å²) in [6, 6.07) is 10.7. The molecule has 0 saturated carbocycles. The lowest BCUT2D eigenvalue weighted by Crippen LogP contribution is -2.52. The molecule has 3 rings (SSSR count). The minimum absolute atomic E-state index is 0.0505. The third kappa shape index (κ3) is 2.80. The molecule has 2 fully saturated rings. The van der Waals surface area contributed by atoms with E-state index in [1.165, 1.54) is 5.56 Å². The Kier molecular flexibility index (Phi) is 3.80. The molecule has 0 aliphatic carbocycles. The molecular weight excluding hydrogens is 238 g/mol. The number of carbonyl (C=O) groups excluding carboxylic acids is 1. The van der Waals surface area contributed by atoms with E-state index in [9.17, 15) is 4.79 Å². The molecule has 0 radical (unpaired) electrons. The average Bonchev–Trinajstić information content (AvgIpc) is 3.02. The number of hydrogen-bond acceptors (Lipinski definition) is 3. The molecule has 4 heteroatoms. The van der Waals surface area contributed by atoms with E-state index in [1.807, 2.05) is 11.0 Å². The third-order valence-corrected chi connectivity index (χ3v) is 4.05. The Hall–Kier alpha value is -1.39. The van der Waals surface area contributed by atoms with Crippen molar-refractivity contribution in [1.29, 1.82) is 0 Å². The Balaban J connectivity index is 1.66. The van der Waals surface area contributed by atoms with Crippen LogP contribution in [-0.2, 0) is 4.79 Å². The van der Waals surface area contributed by atoms with Gasteiger partial charge >= 0.3 is 0 Å². The van der Waals surface area contributed by atoms with Crippen molar-refractivity contribution in [3.05, 3.63) is 35.9 Å². The lowest BCUT2D eigenvalue weighted by molar-refractivity contribution is -0.134. The Morgan fingerprint density at radius 3 is 2.74 bits per heavy atom. The fourth-order valence-corrected chi connectivity index (χ4v) is 2.97. The number of nitrogens with zero attached hydrogens (tertiary/aromatic N) is 1. The number of hydrogen-bond donors (Lipinski definition) is 2. The van der Waals surface area contributed by atoms with Gasteiger partial charge in [0.05, 0.1) is 6.04 Å². The zero-order valence-electron chi connectivity index (χ0n) is 11.1. The highest BCUT2D eigenvalue weighted by Crippen LogP contribution is 2.18. The van der Waals surface area contributed by atoms with Gasteiger partial charge in [-0.1, -0.05) is 30.3 Å². The third-order valence-electron chi connectivity index (χ3n) is 4.05. The molecule has 1 aromatic rings. The van der Waals surface area contributed by atoms with Crippen molar-refractivity contribution in [2.45, 2.75) is 24.9 Å². The van der Waals surface area contributed by atoms with Crippen molar-refractivity contribution in [1.82, 2.24) is 15.5 Å². The smallest absolute Gasteiger partial charge is 0.239 e. The highest BCUT2D eigenvalue weighted by atomic mass is 16.2. The topological polar surface area (TPSA) is 44.4 Å². The highest BCUT2D eigenvalue weighted by molar-refractivity contribution is 5.82. The van der Waals surface area contributed by atoms with Crippen molar-refractivity contribution < 1.29 is 4.79 Å². The van der Waals surface area contributed by atoms with E-state index in [1.54, 1.807) is 0 Å². The molecule has 2 saturated heterocycles. The first-order valence-corrected chi connectivity index (χ1v) is 7.15. The second-order valence-corrected chi connectivity index (χ2v) is 5.35. The molecule has 0 aromatic heterocycles. The fourth-order valence-electron chi connectivity index (χ4n) is 2.97. The Morgan fingerprint density at radius 2 is 2.00 bits per heavy atom. The number of nitrogens with one attached hydrogen (secondary N) is 2. The molecule has 2 N–H and O–H groups in total. The minimum atomic E-state index is 0.0505. The summed E-state index contributed by atoms with van der Waals surface area (Å²) in [7, 11) is 0. The summed E-state index contributed by atoms with van der Waals surface area (Å²) in [5.74, 6) is 0.278. The summed E-state index contributed by atoms with van der Waals surface area (Å²) in [5, 5.41) is 6.79. The van der Waals surface area contributed by atoms with Crippen molar-refractivity contribution in [3.63, 3.8) is 0 Å². The molecule has 2 heterocycles. The SMILES string of the molecule is O=C(C1CCCN1)N1CCNC(c2ccccc2)C1.